The molecule has 0 radical (unpaired) electrons. The summed E-state index contributed by atoms with van der Waals surface area (Å²) < 4.78 is 11.4. The fourth-order valence-electron chi connectivity index (χ4n) is 2.83. The molecule has 4 heteroatoms. The van der Waals surface area contributed by atoms with Gasteiger partial charge in [0, 0.05) is 18.6 Å². The molecule has 1 saturated heterocycles. The molecule has 1 aromatic rings. The third-order valence-electron chi connectivity index (χ3n) is 3.90. The summed E-state index contributed by atoms with van der Waals surface area (Å²) >= 11 is 0. The van der Waals surface area contributed by atoms with Gasteiger partial charge in [-0.1, -0.05) is 30.3 Å². The largest absolute Gasteiger partial charge is 0.394 e. The number of ether oxygens (including phenoxy) is 2. The second-order valence-corrected chi connectivity index (χ2v) is 5.33. The van der Waals surface area contributed by atoms with Gasteiger partial charge in [-0.25, -0.2) is 0 Å². The van der Waals surface area contributed by atoms with Crippen molar-refractivity contribution < 1.29 is 14.6 Å². The summed E-state index contributed by atoms with van der Waals surface area (Å²) in [6.45, 7) is 7.15. The minimum Gasteiger partial charge on any atom is -0.394 e. The van der Waals surface area contributed by atoms with Crippen LogP contribution in [0.4, 0.5) is 0 Å². The quantitative estimate of drug-likeness (QED) is 0.807. The van der Waals surface area contributed by atoms with E-state index in [9.17, 15) is 0 Å². The number of hydrogen-bond acceptors (Lipinski definition) is 4. The van der Waals surface area contributed by atoms with Crippen LogP contribution < -0.4 is 0 Å². The Morgan fingerprint density at radius 2 is 2.00 bits per heavy atom. The smallest absolute Gasteiger partial charge is 0.0978 e. The summed E-state index contributed by atoms with van der Waals surface area (Å²) in [7, 11) is 0. The van der Waals surface area contributed by atoms with Crippen LogP contribution in [-0.4, -0.2) is 55.1 Å². The summed E-state index contributed by atoms with van der Waals surface area (Å²) in [5.74, 6) is 0. The van der Waals surface area contributed by atoms with E-state index < -0.39 is 0 Å². The maximum absolute atomic E-state index is 8.74. The molecule has 0 spiro atoms. The maximum atomic E-state index is 8.74. The molecular formula is C16H25NO3. The number of rotatable bonds is 6. The first-order chi connectivity index (χ1) is 9.74. The molecule has 0 saturated carbocycles. The van der Waals surface area contributed by atoms with Crippen molar-refractivity contribution in [3.63, 3.8) is 0 Å². The SMILES string of the molecule is CC1COC(c2ccccc2)C(C)N1CCOCCO. The van der Waals surface area contributed by atoms with Gasteiger partial charge in [0.15, 0.2) is 0 Å². The van der Waals surface area contributed by atoms with Crippen molar-refractivity contribution in [2.24, 2.45) is 0 Å². The Bertz CT molecular complexity index is 385. The van der Waals surface area contributed by atoms with Gasteiger partial charge in [-0.15, -0.1) is 0 Å². The highest BCUT2D eigenvalue weighted by Crippen LogP contribution is 2.30. The number of nitrogens with zero attached hydrogens (tertiary/aromatic N) is 1. The van der Waals surface area contributed by atoms with Crippen LogP contribution in [0.2, 0.25) is 0 Å². The number of aliphatic hydroxyl groups excluding tert-OH is 1. The van der Waals surface area contributed by atoms with Gasteiger partial charge in [-0.05, 0) is 19.4 Å². The van der Waals surface area contributed by atoms with E-state index in [0.717, 1.165) is 13.2 Å². The molecule has 20 heavy (non-hydrogen) atoms. The van der Waals surface area contributed by atoms with Crippen molar-refractivity contribution in [2.45, 2.75) is 32.0 Å². The van der Waals surface area contributed by atoms with Gasteiger partial charge in [0.1, 0.15) is 0 Å². The molecule has 0 aliphatic carbocycles. The van der Waals surface area contributed by atoms with Crippen molar-refractivity contribution in [1.29, 1.82) is 0 Å². The third kappa shape index (κ3) is 3.79. The van der Waals surface area contributed by atoms with Crippen LogP contribution >= 0.6 is 0 Å². The monoisotopic (exact) mass is 279 g/mol. The summed E-state index contributed by atoms with van der Waals surface area (Å²) in [5, 5.41) is 8.74. The van der Waals surface area contributed by atoms with Crippen molar-refractivity contribution in [1.82, 2.24) is 4.90 Å². The van der Waals surface area contributed by atoms with Crippen LogP contribution in [-0.2, 0) is 9.47 Å². The van der Waals surface area contributed by atoms with Crippen LogP contribution in [0.25, 0.3) is 0 Å². The fourth-order valence-corrected chi connectivity index (χ4v) is 2.83. The minimum absolute atomic E-state index is 0.0842. The predicted molar refractivity (Wildman–Crippen MR) is 78.7 cm³/mol. The predicted octanol–water partition coefficient (Wildman–Crippen LogP) is 1.85. The zero-order chi connectivity index (χ0) is 14.4. The lowest BCUT2D eigenvalue weighted by Crippen LogP contribution is -2.52. The Morgan fingerprint density at radius 3 is 2.70 bits per heavy atom. The fraction of sp³-hybridized carbons (Fsp3) is 0.625. The Balaban J connectivity index is 1.96. The summed E-state index contributed by atoms with van der Waals surface area (Å²) in [6, 6.07) is 11.1. The highest BCUT2D eigenvalue weighted by Gasteiger charge is 2.33. The number of morpholine rings is 1. The van der Waals surface area contributed by atoms with Gasteiger partial charge in [0.2, 0.25) is 0 Å². The molecule has 3 unspecified atom stereocenters. The zero-order valence-corrected chi connectivity index (χ0v) is 12.4. The second-order valence-electron chi connectivity index (χ2n) is 5.33. The Morgan fingerprint density at radius 1 is 1.25 bits per heavy atom. The van der Waals surface area contributed by atoms with E-state index in [1.807, 2.05) is 6.07 Å². The molecule has 0 amide bonds. The van der Waals surface area contributed by atoms with E-state index in [4.69, 9.17) is 14.6 Å². The maximum Gasteiger partial charge on any atom is 0.0978 e. The standard InChI is InChI=1S/C16H25NO3/c1-13-12-20-16(15-6-4-3-5-7-15)14(2)17(13)8-10-19-11-9-18/h3-7,13-14,16,18H,8-12H2,1-2H3. The highest BCUT2D eigenvalue weighted by atomic mass is 16.5. The molecule has 1 aliphatic rings. The van der Waals surface area contributed by atoms with E-state index in [1.54, 1.807) is 0 Å². The lowest BCUT2D eigenvalue weighted by molar-refractivity contribution is -0.102. The summed E-state index contributed by atoms with van der Waals surface area (Å²) in [5.41, 5.74) is 1.23. The first kappa shape index (κ1) is 15.4. The van der Waals surface area contributed by atoms with Gasteiger partial charge in [-0.3, -0.25) is 4.90 Å². The molecule has 1 aromatic carbocycles. The molecule has 1 aliphatic heterocycles. The lowest BCUT2D eigenvalue weighted by atomic mass is 9.99. The van der Waals surface area contributed by atoms with Gasteiger partial charge < -0.3 is 14.6 Å². The van der Waals surface area contributed by atoms with E-state index >= 15 is 0 Å². The summed E-state index contributed by atoms with van der Waals surface area (Å²) in [6.07, 6.45) is 0.116. The minimum atomic E-state index is 0.0842. The third-order valence-corrected chi connectivity index (χ3v) is 3.90. The average Bonchev–Trinajstić information content (AvgIpc) is 2.47. The van der Waals surface area contributed by atoms with Crippen molar-refractivity contribution in [3.8, 4) is 0 Å². The van der Waals surface area contributed by atoms with Crippen LogP contribution in [0, 0.1) is 0 Å². The molecular weight excluding hydrogens is 254 g/mol. The van der Waals surface area contributed by atoms with Crippen LogP contribution in [0.5, 0.6) is 0 Å². The first-order valence-corrected chi connectivity index (χ1v) is 7.35. The number of benzene rings is 1. The summed E-state index contributed by atoms with van der Waals surface area (Å²) in [4.78, 5) is 2.43. The van der Waals surface area contributed by atoms with E-state index in [1.165, 1.54) is 5.56 Å². The van der Waals surface area contributed by atoms with E-state index in [0.29, 0.717) is 25.3 Å². The van der Waals surface area contributed by atoms with Gasteiger partial charge >= 0.3 is 0 Å². The molecule has 1 heterocycles. The Labute approximate surface area is 121 Å². The normalized spacial score (nSPS) is 27.6. The molecule has 3 atom stereocenters. The van der Waals surface area contributed by atoms with Gasteiger partial charge in [-0.2, -0.15) is 0 Å². The van der Waals surface area contributed by atoms with Gasteiger partial charge in [0.05, 0.1) is 32.5 Å². The highest BCUT2D eigenvalue weighted by molar-refractivity contribution is 5.19. The zero-order valence-electron chi connectivity index (χ0n) is 12.4. The lowest BCUT2D eigenvalue weighted by Gasteiger charge is -2.43. The van der Waals surface area contributed by atoms with Crippen molar-refractivity contribution in [2.75, 3.05) is 33.0 Å². The molecule has 0 bridgehead atoms. The second kappa shape index (κ2) is 7.74. The van der Waals surface area contributed by atoms with E-state index in [-0.39, 0.29) is 12.7 Å². The van der Waals surface area contributed by atoms with Gasteiger partial charge in [0.25, 0.3) is 0 Å². The topological polar surface area (TPSA) is 41.9 Å². The molecule has 0 aromatic heterocycles. The van der Waals surface area contributed by atoms with Crippen LogP contribution in [0.3, 0.4) is 0 Å². The molecule has 1 fully saturated rings. The molecule has 2 rings (SSSR count). The van der Waals surface area contributed by atoms with Crippen LogP contribution in [0.15, 0.2) is 30.3 Å². The van der Waals surface area contributed by atoms with Crippen molar-refractivity contribution in [3.05, 3.63) is 35.9 Å². The molecule has 4 nitrogen and oxygen atoms in total. The first-order valence-electron chi connectivity index (χ1n) is 7.35. The average molecular weight is 279 g/mol. The Hall–Kier alpha value is -0.940. The molecule has 112 valence electrons. The van der Waals surface area contributed by atoms with Crippen LogP contribution in [0.1, 0.15) is 25.5 Å². The van der Waals surface area contributed by atoms with E-state index in [2.05, 4.69) is 43.0 Å². The molecule has 1 N–H and O–H groups in total. The number of aliphatic hydroxyl groups is 1. The Kier molecular flexibility index (Phi) is 5.98. The van der Waals surface area contributed by atoms with Crippen molar-refractivity contribution >= 4 is 0 Å². The number of hydrogen-bond donors (Lipinski definition) is 1.